The molecule has 5 aliphatic rings. The monoisotopic (exact) mass is 230 g/mol. The molecule has 5 aliphatic carbocycles. The molecular weight excluding hydrogens is 216 g/mol. The third-order valence-electron chi connectivity index (χ3n) is 5.64. The van der Waals surface area contributed by atoms with Crippen molar-refractivity contribution in [1.82, 2.24) is 0 Å². The van der Waals surface area contributed by atoms with E-state index in [1.54, 1.807) is 6.08 Å². The molecule has 0 N–H and O–H groups in total. The van der Waals surface area contributed by atoms with Crippen molar-refractivity contribution in [3.05, 3.63) is 24.3 Å². The summed E-state index contributed by atoms with van der Waals surface area (Å²) in [5, 5.41) is 0. The van der Waals surface area contributed by atoms with E-state index >= 15 is 0 Å². The van der Waals surface area contributed by atoms with Crippen molar-refractivity contribution in [3.63, 3.8) is 0 Å². The molecule has 88 valence electrons. The van der Waals surface area contributed by atoms with Crippen LogP contribution < -0.4 is 0 Å². The van der Waals surface area contributed by atoms with E-state index in [9.17, 15) is 9.59 Å². The second-order valence-electron chi connectivity index (χ2n) is 5.79. The summed E-state index contributed by atoms with van der Waals surface area (Å²) >= 11 is 0. The number of ketones is 1. The minimum atomic E-state index is -0.649. The number of allylic oxidation sites excluding steroid dienone is 3. The van der Waals surface area contributed by atoms with Crippen molar-refractivity contribution in [2.75, 3.05) is 7.11 Å². The standard InChI is InChI=1S/C14H14O3/c1-17-11(16)13-6-4-9-7-12(13)5-2-3-10(15)14(12,13)8-9/h2-4,6,9H,5,7-8H2,1H3/t9-,12-,13-,14+/m1/s1. The number of hydrogen-bond acceptors (Lipinski definition) is 3. The lowest BCUT2D eigenvalue weighted by molar-refractivity contribution is -0.149. The fraction of sp³-hybridized carbons (Fsp3) is 0.571. The molecule has 2 fully saturated rings. The second-order valence-corrected chi connectivity index (χ2v) is 5.79. The van der Waals surface area contributed by atoms with Crippen LogP contribution in [0.25, 0.3) is 0 Å². The summed E-state index contributed by atoms with van der Waals surface area (Å²) in [4.78, 5) is 24.5. The van der Waals surface area contributed by atoms with Gasteiger partial charge in [0, 0.05) is 5.41 Å². The summed E-state index contributed by atoms with van der Waals surface area (Å²) in [5.41, 5.74) is -1.26. The van der Waals surface area contributed by atoms with Crippen molar-refractivity contribution < 1.29 is 14.3 Å². The van der Waals surface area contributed by atoms with Crippen LogP contribution >= 0.6 is 0 Å². The molecule has 0 unspecified atom stereocenters. The number of carbonyl (C=O) groups excluding carboxylic acids is 2. The molecule has 0 radical (unpaired) electrons. The molecule has 2 saturated carbocycles. The van der Waals surface area contributed by atoms with Crippen molar-refractivity contribution in [2.24, 2.45) is 22.2 Å². The molecule has 5 rings (SSSR count). The molecule has 0 aliphatic heterocycles. The molecule has 0 saturated heterocycles. The van der Waals surface area contributed by atoms with Crippen LogP contribution in [0.2, 0.25) is 0 Å². The summed E-state index contributed by atoms with van der Waals surface area (Å²) < 4.78 is 4.99. The van der Waals surface area contributed by atoms with Crippen LogP contribution in [0.1, 0.15) is 19.3 Å². The molecule has 3 heteroatoms. The quantitative estimate of drug-likeness (QED) is 0.508. The number of rotatable bonds is 1. The molecule has 4 bridgehead atoms. The average molecular weight is 230 g/mol. The zero-order valence-electron chi connectivity index (χ0n) is 9.73. The van der Waals surface area contributed by atoms with Crippen LogP contribution in [0.15, 0.2) is 24.3 Å². The Balaban J connectivity index is 1.98. The van der Waals surface area contributed by atoms with E-state index in [-0.39, 0.29) is 17.2 Å². The highest BCUT2D eigenvalue weighted by Gasteiger charge is 2.95. The second kappa shape index (κ2) is 2.40. The number of hydrogen-bond donors (Lipinski definition) is 0. The van der Waals surface area contributed by atoms with E-state index < -0.39 is 10.8 Å². The molecule has 3 nitrogen and oxygen atoms in total. The van der Waals surface area contributed by atoms with Crippen LogP contribution in [0.4, 0.5) is 0 Å². The molecular formula is C14H14O3. The molecule has 0 amide bonds. The van der Waals surface area contributed by atoms with Gasteiger partial charge in [-0.15, -0.1) is 0 Å². The van der Waals surface area contributed by atoms with Gasteiger partial charge in [-0.25, -0.2) is 0 Å². The maximum Gasteiger partial charge on any atom is 0.317 e. The number of methoxy groups -OCH3 is 1. The van der Waals surface area contributed by atoms with Crippen LogP contribution in [0, 0.1) is 22.2 Å². The summed E-state index contributed by atoms with van der Waals surface area (Å²) in [5.74, 6) is 0.398. The van der Waals surface area contributed by atoms with Crippen LogP contribution in [0.5, 0.6) is 0 Å². The van der Waals surface area contributed by atoms with Gasteiger partial charge >= 0.3 is 5.97 Å². The Hall–Kier alpha value is -1.38. The van der Waals surface area contributed by atoms with Crippen molar-refractivity contribution in [3.8, 4) is 0 Å². The summed E-state index contributed by atoms with van der Waals surface area (Å²) in [6.07, 6.45) is 10.3. The molecule has 0 heterocycles. The van der Waals surface area contributed by atoms with Crippen LogP contribution in [-0.4, -0.2) is 18.9 Å². The van der Waals surface area contributed by atoms with E-state index in [0.717, 1.165) is 19.3 Å². The van der Waals surface area contributed by atoms with Crippen molar-refractivity contribution in [1.29, 1.82) is 0 Å². The lowest BCUT2D eigenvalue weighted by atomic mass is 9.75. The number of esters is 1. The number of ether oxygens (including phenoxy) is 1. The molecule has 4 atom stereocenters. The largest absolute Gasteiger partial charge is 0.468 e. The SMILES string of the molecule is COC(=O)[C@]12C=C[C@@H]3C[C@]14CC=CC(=O)[C@@]42C3. The van der Waals surface area contributed by atoms with Crippen LogP contribution in [-0.2, 0) is 14.3 Å². The molecule has 2 spiro atoms. The Morgan fingerprint density at radius 3 is 3.00 bits per heavy atom. The number of carbonyl (C=O) groups is 2. The van der Waals surface area contributed by atoms with Crippen molar-refractivity contribution in [2.45, 2.75) is 19.3 Å². The Morgan fingerprint density at radius 2 is 2.29 bits per heavy atom. The third-order valence-corrected chi connectivity index (χ3v) is 5.64. The summed E-state index contributed by atoms with van der Waals surface area (Å²) in [6.45, 7) is 0. The van der Waals surface area contributed by atoms with E-state index in [2.05, 4.69) is 6.08 Å². The van der Waals surface area contributed by atoms with Gasteiger partial charge in [0.2, 0.25) is 0 Å². The van der Waals surface area contributed by atoms with Gasteiger partial charge < -0.3 is 4.74 Å². The Kier molecular flexibility index (Phi) is 1.36. The Morgan fingerprint density at radius 1 is 1.47 bits per heavy atom. The first-order valence-corrected chi connectivity index (χ1v) is 6.13. The summed E-state index contributed by atoms with van der Waals surface area (Å²) in [6, 6.07) is 0. The van der Waals surface area contributed by atoms with Gasteiger partial charge in [0.15, 0.2) is 5.78 Å². The highest BCUT2D eigenvalue weighted by molar-refractivity contribution is 6.09. The normalized spacial score (nSPS) is 52.3. The summed E-state index contributed by atoms with van der Waals surface area (Å²) in [7, 11) is 1.42. The molecule has 0 aromatic carbocycles. The maximum absolute atomic E-state index is 12.3. The lowest BCUT2D eigenvalue weighted by Gasteiger charge is -2.28. The van der Waals surface area contributed by atoms with Gasteiger partial charge in [0.05, 0.1) is 12.5 Å². The van der Waals surface area contributed by atoms with Gasteiger partial charge in [-0.1, -0.05) is 18.2 Å². The van der Waals surface area contributed by atoms with Gasteiger partial charge in [0.1, 0.15) is 5.41 Å². The van der Waals surface area contributed by atoms with Gasteiger partial charge in [-0.3, -0.25) is 9.59 Å². The predicted octanol–water partition coefficient (Wildman–Crippen LogP) is 1.64. The first-order chi connectivity index (χ1) is 8.14. The first-order valence-electron chi connectivity index (χ1n) is 6.13. The van der Waals surface area contributed by atoms with E-state index in [0.29, 0.717) is 5.92 Å². The van der Waals surface area contributed by atoms with Crippen LogP contribution in [0.3, 0.4) is 0 Å². The Labute approximate surface area is 99.5 Å². The average Bonchev–Trinajstić information content (AvgIpc) is 2.75. The van der Waals surface area contributed by atoms with Gasteiger partial charge in [0.25, 0.3) is 0 Å². The third kappa shape index (κ3) is 0.634. The van der Waals surface area contributed by atoms with E-state index in [1.807, 2.05) is 12.2 Å². The van der Waals surface area contributed by atoms with E-state index in [4.69, 9.17) is 4.74 Å². The fourth-order valence-electron chi connectivity index (χ4n) is 5.18. The van der Waals surface area contributed by atoms with Crippen molar-refractivity contribution >= 4 is 11.8 Å². The topological polar surface area (TPSA) is 43.4 Å². The fourth-order valence-corrected chi connectivity index (χ4v) is 5.18. The highest BCUT2D eigenvalue weighted by Crippen LogP contribution is 2.91. The maximum atomic E-state index is 12.3. The Bertz CT molecular complexity index is 518. The minimum Gasteiger partial charge on any atom is -0.468 e. The molecule has 17 heavy (non-hydrogen) atoms. The lowest BCUT2D eigenvalue weighted by Crippen LogP contribution is -2.33. The van der Waals surface area contributed by atoms with Gasteiger partial charge in [-0.2, -0.15) is 0 Å². The molecule has 0 aromatic heterocycles. The van der Waals surface area contributed by atoms with Gasteiger partial charge in [-0.05, 0) is 31.3 Å². The zero-order valence-corrected chi connectivity index (χ0v) is 9.73. The van der Waals surface area contributed by atoms with E-state index in [1.165, 1.54) is 7.11 Å². The highest BCUT2D eigenvalue weighted by atomic mass is 16.5. The predicted molar refractivity (Wildman–Crippen MR) is 59.9 cm³/mol. The smallest absolute Gasteiger partial charge is 0.317 e. The molecule has 0 aromatic rings. The first kappa shape index (κ1) is 9.63. The minimum absolute atomic E-state index is 0.140. The zero-order chi connectivity index (χ0) is 11.9.